The summed E-state index contributed by atoms with van der Waals surface area (Å²) in [7, 11) is 0. The van der Waals surface area contributed by atoms with Crippen LogP contribution in [0.4, 0.5) is 4.39 Å². The summed E-state index contributed by atoms with van der Waals surface area (Å²) in [6.45, 7) is 3.96. The van der Waals surface area contributed by atoms with Crippen LogP contribution in [0.2, 0.25) is 0 Å². The predicted octanol–water partition coefficient (Wildman–Crippen LogP) is 1.64. The van der Waals surface area contributed by atoms with Crippen molar-refractivity contribution in [3.8, 4) is 5.88 Å². The van der Waals surface area contributed by atoms with E-state index < -0.39 is 5.82 Å². The van der Waals surface area contributed by atoms with Crippen molar-refractivity contribution >= 4 is 0 Å². The average Bonchev–Trinajstić information content (AvgIpc) is 2.08. The smallest absolute Gasteiger partial charge is 0.250 e. The Morgan fingerprint density at radius 2 is 2.38 bits per heavy atom. The lowest BCUT2D eigenvalue weighted by molar-refractivity contribution is 0.307. The molecule has 0 aliphatic carbocycles. The van der Waals surface area contributed by atoms with Gasteiger partial charge in [0, 0.05) is 12.2 Å². The van der Waals surface area contributed by atoms with Gasteiger partial charge in [0.1, 0.15) is 0 Å². The van der Waals surface area contributed by atoms with Crippen LogP contribution in [0.25, 0.3) is 0 Å². The summed E-state index contributed by atoms with van der Waals surface area (Å²) >= 11 is 0. The molecule has 0 aromatic carbocycles. The van der Waals surface area contributed by atoms with Gasteiger partial charge in [-0.1, -0.05) is 0 Å². The molecule has 4 heteroatoms. The maximum Gasteiger partial charge on any atom is 0.250 e. The number of rotatable bonds is 3. The summed E-state index contributed by atoms with van der Waals surface area (Å²) < 4.78 is 18.1. The van der Waals surface area contributed by atoms with Crippen LogP contribution >= 0.6 is 0 Å². The standard InChI is InChI=1S/C9H13FN2O/c1-3-13-9-8(10)4-7(5-12-9)6(2)11/h4-6H,3,11H2,1-2H3/t6-/m1/s1. The SMILES string of the molecule is CCOc1ncc([C@@H](C)N)cc1F. The molecule has 1 aromatic rings. The molecule has 1 heterocycles. The number of nitrogens with two attached hydrogens (primary N) is 1. The molecule has 0 saturated heterocycles. The van der Waals surface area contributed by atoms with Crippen LogP contribution in [0.1, 0.15) is 25.5 Å². The number of hydrogen-bond donors (Lipinski definition) is 1. The van der Waals surface area contributed by atoms with Gasteiger partial charge in [-0.25, -0.2) is 9.37 Å². The Kier molecular flexibility index (Phi) is 3.19. The summed E-state index contributed by atoms with van der Waals surface area (Å²) in [6, 6.07) is 1.14. The van der Waals surface area contributed by atoms with Gasteiger partial charge < -0.3 is 10.5 Å². The molecule has 3 nitrogen and oxygen atoms in total. The Hall–Kier alpha value is -1.16. The Labute approximate surface area is 76.7 Å². The maximum absolute atomic E-state index is 13.2. The largest absolute Gasteiger partial charge is 0.476 e. The second-order valence-corrected chi connectivity index (χ2v) is 2.78. The van der Waals surface area contributed by atoms with Crippen molar-refractivity contribution in [1.82, 2.24) is 4.98 Å². The third-order valence-electron chi connectivity index (χ3n) is 1.64. The molecule has 0 bridgehead atoms. The molecular weight excluding hydrogens is 171 g/mol. The fourth-order valence-corrected chi connectivity index (χ4v) is 0.932. The van der Waals surface area contributed by atoms with E-state index in [9.17, 15) is 4.39 Å². The highest BCUT2D eigenvalue weighted by atomic mass is 19.1. The summed E-state index contributed by atoms with van der Waals surface area (Å²) in [5.74, 6) is -0.427. The zero-order valence-corrected chi connectivity index (χ0v) is 7.75. The van der Waals surface area contributed by atoms with Gasteiger partial charge in [0.25, 0.3) is 0 Å². The fourth-order valence-electron chi connectivity index (χ4n) is 0.932. The van der Waals surface area contributed by atoms with Crippen molar-refractivity contribution in [3.05, 3.63) is 23.6 Å². The Morgan fingerprint density at radius 3 is 2.85 bits per heavy atom. The summed E-state index contributed by atoms with van der Waals surface area (Å²) in [5, 5.41) is 0. The first-order chi connectivity index (χ1) is 6.15. The molecule has 0 saturated carbocycles. The highest BCUT2D eigenvalue weighted by Crippen LogP contribution is 2.17. The molecule has 0 radical (unpaired) electrons. The summed E-state index contributed by atoms with van der Waals surface area (Å²) in [6.07, 6.45) is 1.53. The normalized spacial score (nSPS) is 12.6. The first-order valence-corrected chi connectivity index (χ1v) is 4.19. The van der Waals surface area contributed by atoms with Gasteiger partial charge >= 0.3 is 0 Å². The summed E-state index contributed by atoms with van der Waals surface area (Å²) in [4.78, 5) is 3.81. The van der Waals surface area contributed by atoms with Crippen LogP contribution < -0.4 is 10.5 Å². The minimum absolute atomic E-state index is 0.0342. The molecule has 0 unspecified atom stereocenters. The van der Waals surface area contributed by atoms with E-state index in [4.69, 9.17) is 10.5 Å². The summed E-state index contributed by atoms with van der Waals surface area (Å²) in [5.41, 5.74) is 6.23. The third-order valence-corrected chi connectivity index (χ3v) is 1.64. The van der Waals surface area contributed by atoms with Crippen molar-refractivity contribution in [3.63, 3.8) is 0 Å². The van der Waals surface area contributed by atoms with Crippen LogP contribution in [-0.2, 0) is 0 Å². The fraction of sp³-hybridized carbons (Fsp3) is 0.444. The quantitative estimate of drug-likeness (QED) is 0.776. The van der Waals surface area contributed by atoms with Gasteiger partial charge in [-0.05, 0) is 25.5 Å². The topological polar surface area (TPSA) is 48.1 Å². The van der Waals surface area contributed by atoms with Crippen molar-refractivity contribution in [2.45, 2.75) is 19.9 Å². The number of aromatic nitrogens is 1. The molecule has 2 N–H and O–H groups in total. The van der Waals surface area contributed by atoms with Gasteiger partial charge in [0.15, 0.2) is 5.82 Å². The van der Waals surface area contributed by atoms with Crippen molar-refractivity contribution in [2.24, 2.45) is 5.73 Å². The Balaban J connectivity index is 2.92. The number of pyridine rings is 1. The predicted molar refractivity (Wildman–Crippen MR) is 48.0 cm³/mol. The van der Waals surface area contributed by atoms with E-state index >= 15 is 0 Å². The first kappa shape index (κ1) is 9.92. The van der Waals surface area contributed by atoms with E-state index in [2.05, 4.69) is 4.98 Å². The van der Waals surface area contributed by atoms with Crippen LogP contribution in [0.5, 0.6) is 5.88 Å². The van der Waals surface area contributed by atoms with Gasteiger partial charge in [-0.2, -0.15) is 0 Å². The second kappa shape index (κ2) is 4.18. The molecule has 0 aliphatic rings. The minimum atomic E-state index is -0.461. The van der Waals surface area contributed by atoms with E-state index in [1.54, 1.807) is 13.8 Å². The van der Waals surface area contributed by atoms with Gasteiger partial charge in [-0.3, -0.25) is 0 Å². The van der Waals surface area contributed by atoms with Crippen molar-refractivity contribution in [1.29, 1.82) is 0 Å². The zero-order chi connectivity index (χ0) is 9.84. The molecule has 0 amide bonds. The highest BCUT2D eigenvalue weighted by Gasteiger charge is 2.07. The lowest BCUT2D eigenvalue weighted by Crippen LogP contribution is -2.07. The monoisotopic (exact) mass is 184 g/mol. The molecule has 0 spiro atoms. The van der Waals surface area contributed by atoms with E-state index in [0.29, 0.717) is 12.2 Å². The Morgan fingerprint density at radius 1 is 1.69 bits per heavy atom. The van der Waals surface area contributed by atoms with E-state index in [1.165, 1.54) is 12.3 Å². The minimum Gasteiger partial charge on any atom is -0.476 e. The maximum atomic E-state index is 13.2. The van der Waals surface area contributed by atoms with Gasteiger partial charge in [-0.15, -0.1) is 0 Å². The average molecular weight is 184 g/mol. The highest BCUT2D eigenvalue weighted by molar-refractivity contribution is 5.22. The van der Waals surface area contributed by atoms with E-state index in [0.717, 1.165) is 0 Å². The van der Waals surface area contributed by atoms with Crippen molar-refractivity contribution < 1.29 is 9.13 Å². The second-order valence-electron chi connectivity index (χ2n) is 2.78. The van der Waals surface area contributed by atoms with E-state index in [-0.39, 0.29) is 11.9 Å². The molecule has 0 aliphatic heterocycles. The molecule has 0 fully saturated rings. The van der Waals surface area contributed by atoms with Crippen LogP contribution in [0.15, 0.2) is 12.3 Å². The zero-order valence-electron chi connectivity index (χ0n) is 7.75. The molecular formula is C9H13FN2O. The lowest BCUT2D eigenvalue weighted by atomic mass is 10.1. The molecule has 1 atom stereocenters. The van der Waals surface area contributed by atoms with Gasteiger partial charge in [0.2, 0.25) is 5.88 Å². The van der Waals surface area contributed by atoms with Crippen LogP contribution in [-0.4, -0.2) is 11.6 Å². The third kappa shape index (κ3) is 2.39. The van der Waals surface area contributed by atoms with Crippen LogP contribution in [0.3, 0.4) is 0 Å². The van der Waals surface area contributed by atoms with E-state index in [1.807, 2.05) is 0 Å². The number of ether oxygens (including phenoxy) is 1. The van der Waals surface area contributed by atoms with Crippen molar-refractivity contribution in [2.75, 3.05) is 6.61 Å². The number of nitrogens with zero attached hydrogens (tertiary/aromatic N) is 1. The molecule has 13 heavy (non-hydrogen) atoms. The van der Waals surface area contributed by atoms with Crippen LogP contribution in [0, 0.1) is 5.82 Å². The number of halogens is 1. The molecule has 1 aromatic heterocycles. The van der Waals surface area contributed by atoms with Gasteiger partial charge in [0.05, 0.1) is 6.61 Å². The molecule has 72 valence electrons. The Bertz CT molecular complexity index is 289. The molecule has 1 rings (SSSR count). The number of hydrogen-bond acceptors (Lipinski definition) is 3. The lowest BCUT2D eigenvalue weighted by Gasteiger charge is -2.07. The first-order valence-electron chi connectivity index (χ1n) is 4.19.